The molecule has 1 aliphatic rings. The number of nitrogens with zero attached hydrogens (tertiary/aromatic N) is 2. The first-order valence-corrected chi connectivity index (χ1v) is 7.62. The summed E-state index contributed by atoms with van der Waals surface area (Å²) in [5, 5.41) is 1.59. The molecule has 112 valence electrons. The summed E-state index contributed by atoms with van der Waals surface area (Å²) in [5.74, 6) is 0.608. The molecule has 3 rings (SSSR count). The van der Waals surface area contributed by atoms with Crippen LogP contribution in [0.3, 0.4) is 0 Å². The number of rotatable bonds is 3. The van der Waals surface area contributed by atoms with Crippen molar-refractivity contribution in [2.45, 2.75) is 19.8 Å². The molecular formula is C15H18ClN3O2. The molecule has 1 aliphatic heterocycles. The van der Waals surface area contributed by atoms with Gasteiger partial charge >= 0.3 is 5.97 Å². The second-order valence-electron chi connectivity index (χ2n) is 5.24. The van der Waals surface area contributed by atoms with Gasteiger partial charge in [0.25, 0.3) is 0 Å². The van der Waals surface area contributed by atoms with Crippen LogP contribution in [0.5, 0.6) is 0 Å². The topological polar surface area (TPSA) is 58.2 Å². The Hall–Kier alpha value is -1.75. The maximum atomic E-state index is 11.9. The normalized spacial score (nSPS) is 19.0. The highest BCUT2D eigenvalue weighted by molar-refractivity contribution is 6.35. The van der Waals surface area contributed by atoms with Crippen molar-refractivity contribution in [3.8, 4) is 0 Å². The van der Waals surface area contributed by atoms with Gasteiger partial charge in [-0.15, -0.1) is 0 Å². The summed E-state index contributed by atoms with van der Waals surface area (Å²) < 4.78 is 5.13. The van der Waals surface area contributed by atoms with Crippen molar-refractivity contribution in [2.24, 2.45) is 5.92 Å². The number of esters is 1. The summed E-state index contributed by atoms with van der Waals surface area (Å²) in [4.78, 5) is 21.7. The molecule has 1 N–H and O–H groups in total. The van der Waals surface area contributed by atoms with E-state index in [0.29, 0.717) is 18.2 Å². The molecule has 1 fully saturated rings. The Bertz CT molecular complexity index is 655. The molecule has 0 saturated carbocycles. The van der Waals surface area contributed by atoms with Gasteiger partial charge in [-0.3, -0.25) is 4.79 Å². The van der Waals surface area contributed by atoms with E-state index in [0.717, 1.165) is 36.2 Å². The molecule has 0 spiro atoms. The number of carbonyl (C=O) groups is 1. The number of halogens is 1. The van der Waals surface area contributed by atoms with E-state index in [9.17, 15) is 4.79 Å². The largest absolute Gasteiger partial charge is 0.466 e. The number of nitrogens with one attached hydrogen (secondary N) is 1. The Kier molecular flexibility index (Phi) is 4.01. The van der Waals surface area contributed by atoms with Crippen molar-refractivity contribution < 1.29 is 9.53 Å². The average molecular weight is 308 g/mol. The van der Waals surface area contributed by atoms with Crippen LogP contribution < -0.4 is 4.90 Å². The fraction of sp³-hybridized carbons (Fsp3) is 0.467. The molecule has 2 aromatic rings. The lowest BCUT2D eigenvalue weighted by atomic mass is 9.98. The van der Waals surface area contributed by atoms with E-state index in [1.807, 2.05) is 25.3 Å². The van der Waals surface area contributed by atoms with Gasteiger partial charge in [-0.25, -0.2) is 4.98 Å². The van der Waals surface area contributed by atoms with Crippen LogP contribution in [0, 0.1) is 5.92 Å². The number of pyridine rings is 1. The summed E-state index contributed by atoms with van der Waals surface area (Å²) in [5.41, 5.74) is 0.774. The third kappa shape index (κ3) is 2.83. The first kappa shape index (κ1) is 14.2. The lowest BCUT2D eigenvalue weighted by Crippen LogP contribution is -2.39. The Morgan fingerprint density at radius 1 is 1.62 bits per heavy atom. The fourth-order valence-corrected chi connectivity index (χ4v) is 3.03. The van der Waals surface area contributed by atoms with Crippen molar-refractivity contribution in [1.82, 2.24) is 9.97 Å². The van der Waals surface area contributed by atoms with Gasteiger partial charge in [0, 0.05) is 30.7 Å². The van der Waals surface area contributed by atoms with Crippen molar-refractivity contribution >= 4 is 34.4 Å². The van der Waals surface area contributed by atoms with Gasteiger partial charge in [-0.05, 0) is 25.8 Å². The zero-order chi connectivity index (χ0) is 14.8. The van der Waals surface area contributed by atoms with Crippen molar-refractivity contribution in [3.05, 3.63) is 23.4 Å². The minimum absolute atomic E-state index is 0.0846. The second kappa shape index (κ2) is 5.93. The van der Waals surface area contributed by atoms with Crippen molar-refractivity contribution in [3.63, 3.8) is 0 Å². The van der Waals surface area contributed by atoms with Crippen LogP contribution in [0.25, 0.3) is 11.0 Å². The Morgan fingerprint density at radius 3 is 3.29 bits per heavy atom. The summed E-state index contributed by atoms with van der Waals surface area (Å²) in [6.45, 7) is 3.77. The maximum Gasteiger partial charge on any atom is 0.310 e. The van der Waals surface area contributed by atoms with Crippen LogP contribution >= 0.6 is 11.6 Å². The maximum absolute atomic E-state index is 11.9. The molecule has 1 saturated heterocycles. The van der Waals surface area contributed by atoms with E-state index in [1.54, 1.807) is 0 Å². The minimum atomic E-state index is -0.116. The molecular weight excluding hydrogens is 290 g/mol. The van der Waals surface area contributed by atoms with Gasteiger partial charge in [0.15, 0.2) is 0 Å². The Morgan fingerprint density at radius 2 is 2.48 bits per heavy atom. The van der Waals surface area contributed by atoms with E-state index in [-0.39, 0.29) is 11.9 Å². The van der Waals surface area contributed by atoms with E-state index in [2.05, 4.69) is 14.9 Å². The number of aromatic amines is 1. The standard InChI is InChI=1S/C15H18ClN3O2/c1-2-21-15(20)10-4-3-7-19(9-10)13-8-12(16)11-5-6-17-14(11)18-13/h5-6,8,10H,2-4,7,9H2,1H3,(H,17,18)/t10-/m1/s1. The number of fused-ring (bicyclic) bond motifs is 1. The predicted octanol–water partition coefficient (Wildman–Crippen LogP) is 3.00. The molecule has 0 unspecified atom stereocenters. The van der Waals surface area contributed by atoms with Gasteiger partial charge in [-0.2, -0.15) is 0 Å². The van der Waals surface area contributed by atoms with E-state index in [1.165, 1.54) is 0 Å². The Labute approximate surface area is 128 Å². The van der Waals surface area contributed by atoms with Gasteiger partial charge in [0.05, 0.1) is 17.5 Å². The zero-order valence-electron chi connectivity index (χ0n) is 11.9. The monoisotopic (exact) mass is 307 g/mol. The van der Waals surface area contributed by atoms with Crippen LogP contribution in [-0.2, 0) is 9.53 Å². The average Bonchev–Trinajstić information content (AvgIpc) is 2.96. The number of aromatic nitrogens is 2. The molecule has 2 aromatic heterocycles. The highest BCUT2D eigenvalue weighted by atomic mass is 35.5. The summed E-state index contributed by atoms with van der Waals surface area (Å²) in [6.07, 6.45) is 3.64. The number of carbonyl (C=O) groups excluding carboxylic acids is 1. The van der Waals surface area contributed by atoms with Crippen LogP contribution in [0.15, 0.2) is 18.3 Å². The molecule has 0 aromatic carbocycles. The van der Waals surface area contributed by atoms with E-state index < -0.39 is 0 Å². The lowest BCUT2D eigenvalue weighted by molar-refractivity contribution is -0.148. The van der Waals surface area contributed by atoms with Gasteiger partial charge in [0.2, 0.25) is 0 Å². The number of hydrogen-bond acceptors (Lipinski definition) is 4. The highest BCUT2D eigenvalue weighted by Crippen LogP contribution is 2.29. The Balaban J connectivity index is 1.82. The number of H-pyrrole nitrogens is 1. The number of hydrogen-bond donors (Lipinski definition) is 1. The van der Waals surface area contributed by atoms with E-state index >= 15 is 0 Å². The van der Waals surface area contributed by atoms with Gasteiger partial charge in [-0.1, -0.05) is 11.6 Å². The number of ether oxygens (including phenoxy) is 1. The van der Waals surface area contributed by atoms with Crippen molar-refractivity contribution in [1.29, 1.82) is 0 Å². The molecule has 21 heavy (non-hydrogen) atoms. The van der Waals surface area contributed by atoms with Crippen molar-refractivity contribution in [2.75, 3.05) is 24.6 Å². The van der Waals surface area contributed by atoms with Crippen LogP contribution in [0.2, 0.25) is 5.02 Å². The first-order chi connectivity index (χ1) is 10.2. The molecule has 5 nitrogen and oxygen atoms in total. The third-order valence-electron chi connectivity index (χ3n) is 3.83. The number of piperidine rings is 1. The quantitative estimate of drug-likeness (QED) is 0.886. The molecule has 0 aliphatic carbocycles. The molecule has 0 radical (unpaired) electrons. The SMILES string of the molecule is CCOC(=O)[C@@H]1CCCN(c2cc(Cl)c3cc[nH]c3n2)C1. The minimum Gasteiger partial charge on any atom is -0.466 e. The van der Waals surface area contributed by atoms with Gasteiger partial charge < -0.3 is 14.6 Å². The fourth-order valence-electron chi connectivity index (χ4n) is 2.78. The zero-order valence-corrected chi connectivity index (χ0v) is 12.7. The molecule has 3 heterocycles. The van der Waals surface area contributed by atoms with Crippen LogP contribution in [-0.4, -0.2) is 35.6 Å². The summed E-state index contributed by atoms with van der Waals surface area (Å²) in [6, 6.07) is 3.78. The molecule has 6 heteroatoms. The highest BCUT2D eigenvalue weighted by Gasteiger charge is 2.27. The number of anilines is 1. The second-order valence-corrected chi connectivity index (χ2v) is 5.65. The molecule has 1 atom stereocenters. The third-order valence-corrected chi connectivity index (χ3v) is 4.14. The van der Waals surface area contributed by atoms with Crippen LogP contribution in [0.4, 0.5) is 5.82 Å². The molecule has 0 bridgehead atoms. The van der Waals surface area contributed by atoms with Gasteiger partial charge in [0.1, 0.15) is 11.5 Å². The summed E-state index contributed by atoms with van der Waals surface area (Å²) >= 11 is 6.29. The molecule has 0 amide bonds. The lowest BCUT2D eigenvalue weighted by Gasteiger charge is -2.32. The summed E-state index contributed by atoms with van der Waals surface area (Å²) in [7, 11) is 0. The van der Waals surface area contributed by atoms with E-state index in [4.69, 9.17) is 16.3 Å². The smallest absolute Gasteiger partial charge is 0.310 e. The first-order valence-electron chi connectivity index (χ1n) is 7.24. The predicted molar refractivity (Wildman–Crippen MR) is 82.7 cm³/mol. The van der Waals surface area contributed by atoms with Crippen LogP contribution in [0.1, 0.15) is 19.8 Å².